The Labute approximate surface area is 125 Å². The number of sulfonamides is 1. The Morgan fingerprint density at radius 2 is 1.81 bits per heavy atom. The molecule has 2 N–H and O–H groups in total. The molecule has 0 spiro atoms. The fourth-order valence-corrected chi connectivity index (χ4v) is 3.29. The Kier molecular flexibility index (Phi) is 6.15. The van der Waals surface area contributed by atoms with Gasteiger partial charge in [-0.3, -0.25) is 9.59 Å². The summed E-state index contributed by atoms with van der Waals surface area (Å²) < 4.78 is 24.1. The minimum Gasteiger partial charge on any atom is -0.481 e. The highest BCUT2D eigenvalue weighted by Gasteiger charge is 2.39. The van der Waals surface area contributed by atoms with E-state index in [1.807, 2.05) is 0 Å². The standard InChI is InChI=1S/C13H24N2O5S/c1-3-21(19,20)15(2)9-11(16)14-10-13(12(17)18)7-5-4-6-8-13/h3-10H2,1-2H3,(H,14,16)(H,17,18). The zero-order valence-electron chi connectivity index (χ0n) is 12.6. The van der Waals surface area contributed by atoms with Crippen LogP contribution in [0.25, 0.3) is 0 Å². The lowest BCUT2D eigenvalue weighted by molar-refractivity contribution is -0.151. The predicted molar refractivity (Wildman–Crippen MR) is 78.3 cm³/mol. The first-order valence-electron chi connectivity index (χ1n) is 7.17. The fourth-order valence-electron chi connectivity index (χ4n) is 2.54. The maximum atomic E-state index is 11.8. The van der Waals surface area contributed by atoms with E-state index in [1.54, 1.807) is 0 Å². The van der Waals surface area contributed by atoms with E-state index in [0.717, 1.165) is 23.6 Å². The second kappa shape index (κ2) is 7.22. The zero-order chi connectivity index (χ0) is 16.1. The van der Waals surface area contributed by atoms with Crippen molar-refractivity contribution < 1.29 is 23.1 Å². The van der Waals surface area contributed by atoms with Gasteiger partial charge in [-0.2, -0.15) is 4.31 Å². The molecule has 0 unspecified atom stereocenters. The van der Waals surface area contributed by atoms with Crippen LogP contribution in [0.2, 0.25) is 0 Å². The quantitative estimate of drug-likeness (QED) is 0.707. The first-order chi connectivity index (χ1) is 9.73. The van der Waals surface area contributed by atoms with Crippen LogP contribution in [0.15, 0.2) is 0 Å². The monoisotopic (exact) mass is 320 g/mol. The topological polar surface area (TPSA) is 104 Å². The van der Waals surface area contributed by atoms with Crippen molar-refractivity contribution in [2.24, 2.45) is 5.41 Å². The predicted octanol–water partition coefficient (Wildman–Crippen LogP) is 0.419. The number of hydrogen-bond donors (Lipinski definition) is 2. The SMILES string of the molecule is CCS(=O)(=O)N(C)CC(=O)NCC1(C(=O)O)CCCCC1. The third-order valence-electron chi connectivity index (χ3n) is 4.09. The van der Waals surface area contributed by atoms with E-state index in [1.165, 1.54) is 14.0 Å². The van der Waals surface area contributed by atoms with E-state index < -0.39 is 27.3 Å². The van der Waals surface area contributed by atoms with E-state index >= 15 is 0 Å². The van der Waals surface area contributed by atoms with Gasteiger partial charge in [0, 0.05) is 13.6 Å². The largest absolute Gasteiger partial charge is 0.481 e. The van der Waals surface area contributed by atoms with Gasteiger partial charge in [0.25, 0.3) is 0 Å². The van der Waals surface area contributed by atoms with Crippen molar-refractivity contribution >= 4 is 21.9 Å². The maximum Gasteiger partial charge on any atom is 0.311 e. The van der Waals surface area contributed by atoms with Gasteiger partial charge in [-0.05, 0) is 19.8 Å². The van der Waals surface area contributed by atoms with Crippen molar-refractivity contribution in [1.29, 1.82) is 0 Å². The molecule has 21 heavy (non-hydrogen) atoms. The number of rotatable bonds is 7. The molecule has 0 bridgehead atoms. The average Bonchev–Trinajstić information content (AvgIpc) is 2.45. The second-order valence-electron chi connectivity index (χ2n) is 5.58. The lowest BCUT2D eigenvalue weighted by atomic mass is 9.74. The number of carbonyl (C=O) groups excluding carboxylic acids is 1. The van der Waals surface area contributed by atoms with Gasteiger partial charge in [0.15, 0.2) is 0 Å². The van der Waals surface area contributed by atoms with E-state index in [4.69, 9.17) is 0 Å². The zero-order valence-corrected chi connectivity index (χ0v) is 13.4. The molecule has 8 heteroatoms. The molecule has 1 saturated carbocycles. The number of nitrogens with one attached hydrogen (secondary N) is 1. The first kappa shape index (κ1) is 17.9. The number of nitrogens with zero attached hydrogens (tertiary/aromatic N) is 1. The van der Waals surface area contributed by atoms with Crippen molar-refractivity contribution in [2.75, 3.05) is 25.9 Å². The van der Waals surface area contributed by atoms with Gasteiger partial charge in [-0.25, -0.2) is 8.42 Å². The van der Waals surface area contributed by atoms with Crippen molar-refractivity contribution in [3.63, 3.8) is 0 Å². The summed E-state index contributed by atoms with van der Waals surface area (Å²) in [6, 6.07) is 0. The van der Waals surface area contributed by atoms with Crippen LogP contribution >= 0.6 is 0 Å². The summed E-state index contributed by atoms with van der Waals surface area (Å²) in [5, 5.41) is 12.0. The van der Waals surface area contributed by atoms with E-state index in [2.05, 4.69) is 5.32 Å². The summed E-state index contributed by atoms with van der Waals surface area (Å²) in [5.74, 6) is -1.44. The maximum absolute atomic E-state index is 11.8. The summed E-state index contributed by atoms with van der Waals surface area (Å²) in [7, 11) is -2.07. The van der Waals surface area contributed by atoms with E-state index in [0.29, 0.717) is 12.8 Å². The van der Waals surface area contributed by atoms with Crippen molar-refractivity contribution in [1.82, 2.24) is 9.62 Å². The van der Waals surface area contributed by atoms with Crippen molar-refractivity contribution in [3.8, 4) is 0 Å². The van der Waals surface area contributed by atoms with Crippen molar-refractivity contribution in [3.05, 3.63) is 0 Å². The molecule has 1 amide bonds. The number of carboxylic acid groups (broad SMARTS) is 1. The number of hydrogen-bond acceptors (Lipinski definition) is 4. The molecule has 0 radical (unpaired) electrons. The number of aliphatic carboxylic acids is 1. The number of likely N-dealkylation sites (N-methyl/N-ethyl adjacent to an activating group) is 1. The van der Waals surface area contributed by atoms with E-state index in [9.17, 15) is 23.1 Å². The van der Waals surface area contributed by atoms with Gasteiger partial charge in [-0.1, -0.05) is 19.3 Å². The molecule has 0 aromatic rings. The summed E-state index contributed by atoms with van der Waals surface area (Å²) in [5.41, 5.74) is -0.907. The molecule has 122 valence electrons. The number of carboxylic acids is 1. The van der Waals surface area contributed by atoms with Gasteiger partial charge in [-0.15, -0.1) is 0 Å². The molecule has 1 aliphatic carbocycles. The van der Waals surface area contributed by atoms with Gasteiger partial charge in [0.2, 0.25) is 15.9 Å². The lowest BCUT2D eigenvalue weighted by Crippen LogP contribution is -2.47. The molecular formula is C13H24N2O5S. The lowest BCUT2D eigenvalue weighted by Gasteiger charge is -2.33. The Morgan fingerprint density at radius 1 is 1.24 bits per heavy atom. The van der Waals surface area contributed by atoms with Gasteiger partial charge < -0.3 is 10.4 Å². The Bertz CT molecular complexity index is 483. The van der Waals surface area contributed by atoms with Crippen LogP contribution < -0.4 is 5.32 Å². The third-order valence-corrected chi connectivity index (χ3v) is 5.90. The number of amides is 1. The third kappa shape index (κ3) is 4.67. The van der Waals surface area contributed by atoms with E-state index in [-0.39, 0.29) is 18.8 Å². The Hall–Kier alpha value is -1.15. The molecule has 7 nitrogen and oxygen atoms in total. The van der Waals surface area contributed by atoms with Crippen LogP contribution in [0.5, 0.6) is 0 Å². The summed E-state index contributed by atoms with van der Waals surface area (Å²) >= 11 is 0. The molecule has 1 rings (SSSR count). The smallest absolute Gasteiger partial charge is 0.311 e. The molecule has 1 fully saturated rings. The van der Waals surface area contributed by atoms with Crippen LogP contribution in [-0.4, -0.2) is 55.6 Å². The molecular weight excluding hydrogens is 296 g/mol. The highest BCUT2D eigenvalue weighted by Crippen LogP contribution is 2.35. The van der Waals surface area contributed by atoms with Gasteiger partial charge in [0.1, 0.15) is 0 Å². The van der Waals surface area contributed by atoms with Crippen LogP contribution in [0.3, 0.4) is 0 Å². The highest BCUT2D eigenvalue weighted by molar-refractivity contribution is 7.89. The summed E-state index contributed by atoms with van der Waals surface area (Å²) in [6.45, 7) is 1.28. The van der Waals surface area contributed by atoms with Crippen LogP contribution in [0.1, 0.15) is 39.0 Å². The molecule has 0 saturated heterocycles. The molecule has 0 atom stereocenters. The summed E-state index contributed by atoms with van der Waals surface area (Å²) in [4.78, 5) is 23.3. The van der Waals surface area contributed by atoms with Gasteiger partial charge >= 0.3 is 5.97 Å². The van der Waals surface area contributed by atoms with Crippen LogP contribution in [0.4, 0.5) is 0 Å². The fraction of sp³-hybridized carbons (Fsp3) is 0.846. The molecule has 0 heterocycles. The minimum absolute atomic E-state index is 0.0567. The Morgan fingerprint density at radius 3 is 2.29 bits per heavy atom. The molecule has 0 aliphatic heterocycles. The number of carbonyl (C=O) groups is 2. The molecule has 0 aromatic heterocycles. The average molecular weight is 320 g/mol. The Balaban J connectivity index is 2.57. The molecule has 0 aromatic carbocycles. The minimum atomic E-state index is -3.41. The van der Waals surface area contributed by atoms with Crippen molar-refractivity contribution in [2.45, 2.75) is 39.0 Å². The molecule has 1 aliphatic rings. The normalized spacial score (nSPS) is 18.4. The highest BCUT2D eigenvalue weighted by atomic mass is 32.2. The first-order valence-corrected chi connectivity index (χ1v) is 8.78. The van der Waals surface area contributed by atoms with Crippen LogP contribution in [-0.2, 0) is 19.6 Å². The van der Waals surface area contributed by atoms with Crippen LogP contribution in [0, 0.1) is 5.41 Å². The second-order valence-corrected chi connectivity index (χ2v) is 7.94. The summed E-state index contributed by atoms with van der Waals surface area (Å²) in [6.07, 6.45) is 3.79. The van der Waals surface area contributed by atoms with Gasteiger partial charge in [0.05, 0.1) is 17.7 Å².